The van der Waals surface area contributed by atoms with Crippen molar-refractivity contribution in [3.05, 3.63) is 102 Å². The van der Waals surface area contributed by atoms with E-state index in [1.807, 2.05) is 51.1 Å². The molecule has 4 rings (SSSR count). The highest BCUT2D eigenvalue weighted by molar-refractivity contribution is 5.76. The maximum Gasteiger partial charge on any atom is 0.407 e. The lowest BCUT2D eigenvalue weighted by molar-refractivity contribution is -0.152. The molecule has 230 valence electrons. The fourth-order valence-corrected chi connectivity index (χ4v) is 5.92. The Labute approximate surface area is 255 Å². The topological polar surface area (TPSA) is 80.3 Å². The number of carbonyl (C=O) groups is 2. The first-order valence-electron chi connectivity index (χ1n) is 14.9. The number of nitrogens with zero attached hydrogens (tertiary/aromatic N) is 2. The molecule has 0 saturated carbocycles. The first-order valence-corrected chi connectivity index (χ1v) is 14.9. The van der Waals surface area contributed by atoms with Crippen molar-refractivity contribution in [2.45, 2.75) is 57.3 Å². The molecule has 3 aromatic rings. The highest BCUT2D eigenvalue weighted by Crippen LogP contribution is 2.36. The van der Waals surface area contributed by atoms with Crippen LogP contribution in [0.5, 0.6) is 5.75 Å². The molecule has 1 heterocycles. The van der Waals surface area contributed by atoms with Gasteiger partial charge in [0, 0.05) is 50.2 Å². The second kappa shape index (κ2) is 15.0. The lowest BCUT2D eigenvalue weighted by Crippen LogP contribution is -2.63. The van der Waals surface area contributed by atoms with Gasteiger partial charge in [0.1, 0.15) is 17.4 Å². The molecule has 0 aromatic heterocycles. The van der Waals surface area contributed by atoms with E-state index in [9.17, 15) is 9.59 Å². The van der Waals surface area contributed by atoms with Crippen LogP contribution in [0.25, 0.3) is 0 Å². The van der Waals surface area contributed by atoms with Crippen LogP contribution in [0.4, 0.5) is 4.79 Å². The Balaban J connectivity index is 1.68. The summed E-state index contributed by atoms with van der Waals surface area (Å²) < 4.78 is 16.5. The molecule has 3 aromatic carbocycles. The van der Waals surface area contributed by atoms with Crippen LogP contribution < -0.4 is 10.1 Å². The molecule has 0 bridgehead atoms. The molecule has 1 unspecified atom stereocenters. The fourth-order valence-electron chi connectivity index (χ4n) is 5.92. The van der Waals surface area contributed by atoms with E-state index in [4.69, 9.17) is 14.2 Å². The SMILES string of the molecule is COC(=O)[C@H]1CN(Cc2ccccc2OC)CC(C(c2ccccc2)c2ccccc2)N1CCCNC(=O)OC(C)(C)C. The van der Waals surface area contributed by atoms with Crippen molar-refractivity contribution in [1.82, 2.24) is 15.1 Å². The Morgan fingerprint density at radius 3 is 2.07 bits per heavy atom. The molecule has 1 amide bonds. The Morgan fingerprint density at radius 1 is 0.884 bits per heavy atom. The zero-order chi connectivity index (χ0) is 30.8. The quantitative estimate of drug-likeness (QED) is 0.235. The van der Waals surface area contributed by atoms with E-state index in [1.165, 1.54) is 18.2 Å². The van der Waals surface area contributed by atoms with Gasteiger partial charge in [0.05, 0.1) is 14.2 Å². The smallest absolute Gasteiger partial charge is 0.407 e. The summed E-state index contributed by atoms with van der Waals surface area (Å²) in [6.07, 6.45) is 0.202. The molecule has 0 spiro atoms. The predicted octanol–water partition coefficient (Wildman–Crippen LogP) is 5.47. The number of para-hydroxylation sites is 1. The van der Waals surface area contributed by atoms with Crippen molar-refractivity contribution in [3.8, 4) is 5.75 Å². The number of hydrogen-bond donors (Lipinski definition) is 1. The molecule has 8 heteroatoms. The standard InChI is InChI=1S/C35H45N3O5/c1-35(2,3)43-34(40)36-21-14-22-38-29(32(26-15-8-6-9-16-26)27-17-10-7-11-18-27)24-37(25-30(38)33(39)42-5)23-28-19-12-13-20-31(28)41-4/h6-13,15-20,29-30,32H,14,21-25H2,1-5H3,(H,36,40)/t29?,30-/m1/s1. The van der Waals surface area contributed by atoms with Gasteiger partial charge in [0.2, 0.25) is 0 Å². The van der Waals surface area contributed by atoms with Crippen LogP contribution in [0.3, 0.4) is 0 Å². The van der Waals surface area contributed by atoms with Gasteiger partial charge in [0.15, 0.2) is 0 Å². The number of ether oxygens (including phenoxy) is 3. The number of methoxy groups -OCH3 is 2. The molecule has 8 nitrogen and oxygen atoms in total. The van der Waals surface area contributed by atoms with E-state index in [0.29, 0.717) is 32.6 Å². The molecule has 43 heavy (non-hydrogen) atoms. The van der Waals surface area contributed by atoms with Crippen LogP contribution in [0.1, 0.15) is 49.8 Å². The average Bonchev–Trinajstić information content (AvgIpc) is 3.00. The molecular weight excluding hydrogens is 542 g/mol. The molecule has 2 atom stereocenters. The highest BCUT2D eigenvalue weighted by atomic mass is 16.6. The second-order valence-electron chi connectivity index (χ2n) is 11.9. The summed E-state index contributed by atoms with van der Waals surface area (Å²) in [6.45, 7) is 8.42. The van der Waals surface area contributed by atoms with Crippen LogP contribution in [0.15, 0.2) is 84.9 Å². The number of rotatable bonds is 11. The van der Waals surface area contributed by atoms with Crippen LogP contribution in [0, 0.1) is 0 Å². The Morgan fingerprint density at radius 2 is 1.49 bits per heavy atom. The highest BCUT2D eigenvalue weighted by Gasteiger charge is 2.43. The summed E-state index contributed by atoms with van der Waals surface area (Å²) in [7, 11) is 3.13. The van der Waals surface area contributed by atoms with E-state index in [0.717, 1.165) is 17.9 Å². The Bertz CT molecular complexity index is 1270. The number of alkyl carbamates (subject to hydrolysis) is 1. The summed E-state index contributed by atoms with van der Waals surface area (Å²) in [5.41, 5.74) is 2.86. The number of amides is 1. The molecule has 1 N–H and O–H groups in total. The van der Waals surface area contributed by atoms with Crippen molar-refractivity contribution in [1.29, 1.82) is 0 Å². The summed E-state index contributed by atoms with van der Waals surface area (Å²) in [5, 5.41) is 2.87. The largest absolute Gasteiger partial charge is 0.496 e. The maximum absolute atomic E-state index is 13.4. The van der Waals surface area contributed by atoms with Gasteiger partial charge < -0.3 is 19.5 Å². The van der Waals surface area contributed by atoms with Gasteiger partial charge in [-0.3, -0.25) is 14.6 Å². The van der Waals surface area contributed by atoms with Gasteiger partial charge in [-0.05, 0) is 44.4 Å². The van der Waals surface area contributed by atoms with Crippen molar-refractivity contribution >= 4 is 12.1 Å². The molecule has 0 aliphatic carbocycles. The summed E-state index contributed by atoms with van der Waals surface area (Å²) in [6, 6.07) is 28.4. The third kappa shape index (κ3) is 8.81. The molecule has 1 aliphatic rings. The minimum absolute atomic E-state index is 0.00570. The Kier molecular flexibility index (Phi) is 11.2. The predicted molar refractivity (Wildman–Crippen MR) is 168 cm³/mol. The average molecular weight is 588 g/mol. The summed E-state index contributed by atoms with van der Waals surface area (Å²) in [4.78, 5) is 30.3. The maximum atomic E-state index is 13.4. The summed E-state index contributed by atoms with van der Waals surface area (Å²) >= 11 is 0. The number of piperazine rings is 1. The third-order valence-corrected chi connectivity index (χ3v) is 7.73. The van der Waals surface area contributed by atoms with E-state index < -0.39 is 17.7 Å². The lowest BCUT2D eigenvalue weighted by atomic mass is 9.82. The van der Waals surface area contributed by atoms with Gasteiger partial charge in [0.25, 0.3) is 0 Å². The lowest BCUT2D eigenvalue weighted by Gasteiger charge is -2.49. The van der Waals surface area contributed by atoms with E-state index in [1.54, 1.807) is 7.11 Å². The van der Waals surface area contributed by atoms with Gasteiger partial charge >= 0.3 is 12.1 Å². The van der Waals surface area contributed by atoms with Crippen molar-refractivity contribution in [3.63, 3.8) is 0 Å². The summed E-state index contributed by atoms with van der Waals surface area (Å²) in [5.74, 6) is 0.551. The minimum Gasteiger partial charge on any atom is -0.496 e. The molecular formula is C35H45N3O5. The van der Waals surface area contributed by atoms with Crippen LogP contribution in [0.2, 0.25) is 0 Å². The Hall–Kier alpha value is -3.88. The fraction of sp³-hybridized carbons (Fsp3) is 0.429. The molecule has 1 saturated heterocycles. The molecule has 1 fully saturated rings. The monoisotopic (exact) mass is 587 g/mol. The van der Waals surface area contributed by atoms with E-state index in [-0.39, 0.29) is 17.9 Å². The number of carbonyl (C=O) groups excluding carboxylic acids is 2. The first-order chi connectivity index (χ1) is 20.7. The van der Waals surface area contributed by atoms with Crippen LogP contribution in [-0.4, -0.2) is 79.9 Å². The van der Waals surface area contributed by atoms with Gasteiger partial charge in [-0.1, -0.05) is 78.9 Å². The molecule has 0 radical (unpaired) electrons. The van der Waals surface area contributed by atoms with Gasteiger partial charge in [-0.15, -0.1) is 0 Å². The van der Waals surface area contributed by atoms with Crippen LogP contribution in [-0.2, 0) is 20.8 Å². The van der Waals surface area contributed by atoms with Gasteiger partial charge in [-0.2, -0.15) is 0 Å². The van der Waals surface area contributed by atoms with E-state index in [2.05, 4.69) is 69.7 Å². The van der Waals surface area contributed by atoms with Crippen molar-refractivity contribution < 1.29 is 23.8 Å². The third-order valence-electron chi connectivity index (χ3n) is 7.73. The van der Waals surface area contributed by atoms with Crippen molar-refractivity contribution in [2.75, 3.05) is 40.4 Å². The zero-order valence-electron chi connectivity index (χ0n) is 26.0. The van der Waals surface area contributed by atoms with E-state index >= 15 is 0 Å². The number of nitrogens with one attached hydrogen (secondary N) is 1. The molecule has 1 aliphatic heterocycles. The number of benzene rings is 3. The first kappa shape index (κ1) is 32.0. The van der Waals surface area contributed by atoms with Crippen LogP contribution >= 0.6 is 0 Å². The normalized spacial score (nSPS) is 17.8. The number of esters is 1. The number of hydrogen-bond acceptors (Lipinski definition) is 7. The zero-order valence-corrected chi connectivity index (χ0v) is 26.0. The second-order valence-corrected chi connectivity index (χ2v) is 11.9. The van der Waals surface area contributed by atoms with Gasteiger partial charge in [-0.25, -0.2) is 4.79 Å². The van der Waals surface area contributed by atoms with Crippen molar-refractivity contribution in [2.24, 2.45) is 0 Å². The minimum atomic E-state index is -0.568.